The number of carbonyl (C=O) groups excluding carboxylic acids is 2. The van der Waals surface area contributed by atoms with Gasteiger partial charge < -0.3 is 10.4 Å². The molecule has 17 heavy (non-hydrogen) atoms. The second-order valence-electron chi connectivity index (χ2n) is 4.15. The quantitative estimate of drug-likeness (QED) is 0.785. The number of anilines is 1. The van der Waals surface area contributed by atoms with Gasteiger partial charge in [0, 0.05) is 11.3 Å². The fourth-order valence-corrected chi connectivity index (χ4v) is 1.65. The minimum Gasteiger partial charge on any atom is -0.384 e. The molecule has 0 aromatic heterocycles. The lowest BCUT2D eigenvalue weighted by Crippen LogP contribution is -2.25. The van der Waals surface area contributed by atoms with E-state index in [0.29, 0.717) is 11.3 Å². The van der Waals surface area contributed by atoms with Crippen molar-refractivity contribution in [1.82, 2.24) is 0 Å². The molecule has 2 N–H and O–H groups in total. The minimum atomic E-state index is -1.07. The van der Waals surface area contributed by atoms with Crippen LogP contribution in [0.1, 0.15) is 35.3 Å². The van der Waals surface area contributed by atoms with E-state index in [1.54, 1.807) is 19.1 Å². The zero-order chi connectivity index (χ0) is 13.2. The Morgan fingerprint density at radius 3 is 2.35 bits per heavy atom. The largest absolute Gasteiger partial charge is 0.384 e. The summed E-state index contributed by atoms with van der Waals surface area (Å²) in [4.78, 5) is 22.8. The predicted molar refractivity (Wildman–Crippen MR) is 66.2 cm³/mol. The van der Waals surface area contributed by atoms with E-state index in [9.17, 15) is 9.59 Å². The van der Waals surface area contributed by atoms with Gasteiger partial charge in [0.2, 0.25) is 0 Å². The summed E-state index contributed by atoms with van der Waals surface area (Å²) in [5, 5.41) is 11.8. The fourth-order valence-electron chi connectivity index (χ4n) is 1.65. The molecule has 0 bridgehead atoms. The molecule has 0 spiro atoms. The first kappa shape index (κ1) is 13.4. The second-order valence-corrected chi connectivity index (χ2v) is 4.15. The summed E-state index contributed by atoms with van der Waals surface area (Å²) in [5.74, 6) is -0.521. The number of carbonyl (C=O) groups is 2. The summed E-state index contributed by atoms with van der Waals surface area (Å²) in [7, 11) is 0. The first-order chi connectivity index (χ1) is 7.84. The molecule has 1 aromatic carbocycles. The maximum Gasteiger partial charge on any atom is 0.252 e. The molecule has 1 unspecified atom stereocenters. The zero-order valence-corrected chi connectivity index (χ0v) is 10.5. The predicted octanol–water partition coefficient (Wildman–Crippen LogP) is 1.83. The molecule has 0 aliphatic rings. The summed E-state index contributed by atoms with van der Waals surface area (Å²) in [6.07, 6.45) is -1.07. The summed E-state index contributed by atoms with van der Waals surface area (Å²) < 4.78 is 0. The van der Waals surface area contributed by atoms with Crippen LogP contribution in [0.5, 0.6) is 0 Å². The van der Waals surface area contributed by atoms with Gasteiger partial charge in [-0.25, -0.2) is 0 Å². The number of benzene rings is 1. The SMILES string of the molecule is CC(=O)c1ccc(C)c(NC(=O)C(C)O)c1C. The third kappa shape index (κ3) is 2.91. The van der Waals surface area contributed by atoms with Gasteiger partial charge in [-0.1, -0.05) is 12.1 Å². The van der Waals surface area contributed by atoms with Crippen LogP contribution in [0.15, 0.2) is 12.1 Å². The Morgan fingerprint density at radius 2 is 1.88 bits per heavy atom. The van der Waals surface area contributed by atoms with E-state index < -0.39 is 12.0 Å². The number of amides is 1. The van der Waals surface area contributed by atoms with Crippen molar-refractivity contribution in [1.29, 1.82) is 0 Å². The van der Waals surface area contributed by atoms with Crippen LogP contribution in [-0.2, 0) is 4.79 Å². The van der Waals surface area contributed by atoms with Crippen LogP contribution in [0.2, 0.25) is 0 Å². The molecular weight excluding hydrogens is 218 g/mol. The standard InChI is InChI=1S/C13H17NO3/c1-7-5-6-11(9(3)15)8(2)12(7)14-13(17)10(4)16/h5-6,10,16H,1-4H3,(H,14,17). The first-order valence-electron chi connectivity index (χ1n) is 5.44. The van der Waals surface area contributed by atoms with Crippen LogP contribution in [-0.4, -0.2) is 22.9 Å². The van der Waals surface area contributed by atoms with Gasteiger partial charge in [0.25, 0.3) is 5.91 Å². The smallest absolute Gasteiger partial charge is 0.252 e. The summed E-state index contributed by atoms with van der Waals surface area (Å²) in [6.45, 7) is 6.50. The molecule has 0 fully saturated rings. The Bertz CT molecular complexity index is 464. The molecule has 0 aliphatic carbocycles. The van der Waals surface area contributed by atoms with Crippen molar-refractivity contribution < 1.29 is 14.7 Å². The molecule has 4 nitrogen and oxygen atoms in total. The normalized spacial score (nSPS) is 12.1. The van der Waals surface area contributed by atoms with E-state index in [2.05, 4.69) is 5.32 Å². The first-order valence-corrected chi connectivity index (χ1v) is 5.44. The number of nitrogens with one attached hydrogen (secondary N) is 1. The van der Waals surface area contributed by atoms with Crippen molar-refractivity contribution in [2.75, 3.05) is 5.32 Å². The molecule has 0 radical (unpaired) electrons. The third-order valence-corrected chi connectivity index (χ3v) is 2.68. The third-order valence-electron chi connectivity index (χ3n) is 2.68. The van der Waals surface area contributed by atoms with E-state index in [-0.39, 0.29) is 5.78 Å². The van der Waals surface area contributed by atoms with Gasteiger partial charge in [0.1, 0.15) is 6.10 Å². The number of aliphatic hydroxyl groups excluding tert-OH is 1. The highest BCUT2D eigenvalue weighted by Crippen LogP contribution is 2.24. The lowest BCUT2D eigenvalue weighted by molar-refractivity contribution is -0.123. The molecule has 1 atom stereocenters. The Morgan fingerprint density at radius 1 is 1.29 bits per heavy atom. The minimum absolute atomic E-state index is 0.0463. The summed E-state index contributed by atoms with van der Waals surface area (Å²) >= 11 is 0. The number of aliphatic hydroxyl groups is 1. The Balaban J connectivity index is 3.19. The zero-order valence-electron chi connectivity index (χ0n) is 10.5. The molecule has 0 saturated carbocycles. The van der Waals surface area contributed by atoms with Crippen LogP contribution in [0.25, 0.3) is 0 Å². The highest BCUT2D eigenvalue weighted by molar-refractivity contribution is 6.00. The molecule has 0 aliphatic heterocycles. The summed E-state index contributed by atoms with van der Waals surface area (Å²) in [5.41, 5.74) is 2.77. The number of hydrogen-bond acceptors (Lipinski definition) is 3. The Kier molecular flexibility index (Phi) is 4.02. The van der Waals surface area contributed by atoms with Crippen molar-refractivity contribution in [3.8, 4) is 0 Å². The van der Waals surface area contributed by atoms with Gasteiger partial charge in [-0.3, -0.25) is 9.59 Å². The molecule has 1 rings (SSSR count). The van der Waals surface area contributed by atoms with Crippen molar-refractivity contribution in [3.63, 3.8) is 0 Å². The number of aryl methyl sites for hydroxylation is 1. The number of Topliss-reactive ketones (excluding diaryl/α,β-unsaturated/α-hetero) is 1. The van der Waals surface area contributed by atoms with Gasteiger partial charge in [-0.05, 0) is 38.8 Å². The van der Waals surface area contributed by atoms with Crippen LogP contribution >= 0.6 is 0 Å². The van der Waals surface area contributed by atoms with E-state index in [1.807, 2.05) is 6.92 Å². The Labute approximate surface area is 101 Å². The number of ketones is 1. The molecule has 1 aromatic rings. The van der Waals surface area contributed by atoms with Gasteiger partial charge in [-0.2, -0.15) is 0 Å². The van der Waals surface area contributed by atoms with E-state index >= 15 is 0 Å². The molecule has 92 valence electrons. The lowest BCUT2D eigenvalue weighted by atomic mass is 10.00. The number of hydrogen-bond donors (Lipinski definition) is 2. The highest BCUT2D eigenvalue weighted by atomic mass is 16.3. The highest BCUT2D eigenvalue weighted by Gasteiger charge is 2.15. The van der Waals surface area contributed by atoms with Crippen molar-refractivity contribution in [2.24, 2.45) is 0 Å². The van der Waals surface area contributed by atoms with Crippen LogP contribution in [0, 0.1) is 13.8 Å². The maximum absolute atomic E-state index is 11.5. The maximum atomic E-state index is 11.5. The van der Waals surface area contributed by atoms with Crippen LogP contribution in [0.3, 0.4) is 0 Å². The van der Waals surface area contributed by atoms with Crippen molar-refractivity contribution in [2.45, 2.75) is 33.8 Å². The average Bonchev–Trinajstić information content (AvgIpc) is 2.22. The molecule has 0 heterocycles. The van der Waals surface area contributed by atoms with Gasteiger partial charge in [0.15, 0.2) is 5.78 Å². The van der Waals surface area contributed by atoms with Crippen molar-refractivity contribution in [3.05, 3.63) is 28.8 Å². The number of rotatable bonds is 3. The van der Waals surface area contributed by atoms with Crippen LogP contribution in [0.4, 0.5) is 5.69 Å². The van der Waals surface area contributed by atoms with Gasteiger partial charge in [-0.15, -0.1) is 0 Å². The molecular formula is C13H17NO3. The fraction of sp³-hybridized carbons (Fsp3) is 0.385. The Hall–Kier alpha value is -1.68. The van der Waals surface area contributed by atoms with Gasteiger partial charge >= 0.3 is 0 Å². The monoisotopic (exact) mass is 235 g/mol. The lowest BCUT2D eigenvalue weighted by Gasteiger charge is -2.15. The average molecular weight is 235 g/mol. The second kappa shape index (κ2) is 5.10. The van der Waals surface area contributed by atoms with E-state index in [1.165, 1.54) is 13.8 Å². The van der Waals surface area contributed by atoms with Gasteiger partial charge in [0.05, 0.1) is 0 Å². The molecule has 4 heteroatoms. The molecule has 0 saturated heterocycles. The van der Waals surface area contributed by atoms with Crippen molar-refractivity contribution >= 4 is 17.4 Å². The van der Waals surface area contributed by atoms with Crippen LogP contribution < -0.4 is 5.32 Å². The van der Waals surface area contributed by atoms with E-state index in [4.69, 9.17) is 5.11 Å². The topological polar surface area (TPSA) is 66.4 Å². The molecule has 1 amide bonds. The summed E-state index contributed by atoms with van der Waals surface area (Å²) in [6, 6.07) is 3.52. The van der Waals surface area contributed by atoms with E-state index in [0.717, 1.165) is 11.1 Å².